The standard InChI is InChI=1S/C14H14FN/c1-16-14-8-4-12(5-9-14)10-11-2-6-13(15)7-3-11/h2-9,16H,10H2,1H3. The molecule has 2 heteroatoms. The quantitative estimate of drug-likeness (QED) is 0.826. The molecule has 0 saturated carbocycles. The van der Waals surface area contributed by atoms with Gasteiger partial charge in [0.15, 0.2) is 0 Å². The molecule has 0 unspecified atom stereocenters. The van der Waals surface area contributed by atoms with E-state index in [0.29, 0.717) is 0 Å². The first kappa shape index (κ1) is 10.7. The van der Waals surface area contributed by atoms with Gasteiger partial charge < -0.3 is 5.32 Å². The maximum atomic E-state index is 12.7. The maximum absolute atomic E-state index is 12.7. The molecule has 0 aromatic heterocycles. The highest BCUT2D eigenvalue weighted by Crippen LogP contribution is 2.13. The van der Waals surface area contributed by atoms with Crippen LogP contribution in [0.4, 0.5) is 10.1 Å². The molecule has 2 aromatic carbocycles. The molecule has 0 bridgehead atoms. The van der Waals surface area contributed by atoms with Crippen LogP contribution in [0.25, 0.3) is 0 Å². The van der Waals surface area contributed by atoms with Crippen LogP contribution in [0.3, 0.4) is 0 Å². The highest BCUT2D eigenvalue weighted by atomic mass is 19.1. The molecule has 0 saturated heterocycles. The van der Waals surface area contributed by atoms with Gasteiger partial charge in [0.1, 0.15) is 5.82 Å². The Bertz CT molecular complexity index is 445. The van der Waals surface area contributed by atoms with Gasteiger partial charge in [0.2, 0.25) is 0 Å². The van der Waals surface area contributed by atoms with Crippen LogP contribution >= 0.6 is 0 Å². The van der Waals surface area contributed by atoms with E-state index in [-0.39, 0.29) is 5.82 Å². The van der Waals surface area contributed by atoms with Crippen LogP contribution in [0.5, 0.6) is 0 Å². The summed E-state index contributed by atoms with van der Waals surface area (Å²) in [5.74, 6) is -0.186. The second kappa shape index (κ2) is 4.79. The molecule has 2 aromatic rings. The smallest absolute Gasteiger partial charge is 0.123 e. The van der Waals surface area contributed by atoms with Gasteiger partial charge >= 0.3 is 0 Å². The summed E-state index contributed by atoms with van der Waals surface area (Å²) in [4.78, 5) is 0. The fourth-order valence-corrected chi connectivity index (χ4v) is 1.63. The van der Waals surface area contributed by atoms with Crippen molar-refractivity contribution in [2.24, 2.45) is 0 Å². The van der Waals surface area contributed by atoms with Gasteiger partial charge in [-0.15, -0.1) is 0 Å². The molecule has 0 aliphatic heterocycles. The number of hydrogen-bond acceptors (Lipinski definition) is 1. The number of rotatable bonds is 3. The second-order valence-electron chi connectivity index (χ2n) is 3.75. The average Bonchev–Trinajstić information content (AvgIpc) is 2.33. The molecular weight excluding hydrogens is 201 g/mol. The van der Waals surface area contributed by atoms with Crippen molar-refractivity contribution in [1.82, 2.24) is 0 Å². The minimum absolute atomic E-state index is 0.186. The zero-order valence-electron chi connectivity index (χ0n) is 9.20. The Balaban J connectivity index is 2.11. The Morgan fingerprint density at radius 1 is 0.875 bits per heavy atom. The van der Waals surface area contributed by atoms with Crippen molar-refractivity contribution in [3.63, 3.8) is 0 Å². The lowest BCUT2D eigenvalue weighted by molar-refractivity contribution is 0.627. The van der Waals surface area contributed by atoms with Crippen molar-refractivity contribution in [1.29, 1.82) is 0 Å². The Labute approximate surface area is 94.9 Å². The van der Waals surface area contributed by atoms with Gasteiger partial charge in [0.05, 0.1) is 0 Å². The first-order valence-electron chi connectivity index (χ1n) is 5.29. The van der Waals surface area contributed by atoms with Crippen molar-refractivity contribution in [2.75, 3.05) is 12.4 Å². The molecule has 1 N–H and O–H groups in total. The molecule has 82 valence electrons. The zero-order chi connectivity index (χ0) is 11.4. The monoisotopic (exact) mass is 215 g/mol. The number of hydrogen-bond donors (Lipinski definition) is 1. The second-order valence-corrected chi connectivity index (χ2v) is 3.75. The first-order valence-corrected chi connectivity index (χ1v) is 5.29. The largest absolute Gasteiger partial charge is 0.388 e. The SMILES string of the molecule is CNc1ccc(Cc2ccc(F)cc2)cc1. The fraction of sp³-hybridized carbons (Fsp3) is 0.143. The van der Waals surface area contributed by atoms with Gasteiger partial charge in [0, 0.05) is 12.7 Å². The molecule has 0 heterocycles. The molecule has 0 radical (unpaired) electrons. The molecule has 0 fully saturated rings. The summed E-state index contributed by atoms with van der Waals surface area (Å²) in [6.45, 7) is 0. The predicted molar refractivity (Wildman–Crippen MR) is 65.2 cm³/mol. The van der Waals surface area contributed by atoms with Gasteiger partial charge in [-0.05, 0) is 41.8 Å². The van der Waals surface area contributed by atoms with Crippen molar-refractivity contribution in [2.45, 2.75) is 6.42 Å². The third-order valence-corrected chi connectivity index (χ3v) is 2.56. The number of anilines is 1. The van der Waals surface area contributed by atoms with Gasteiger partial charge in [-0.3, -0.25) is 0 Å². The van der Waals surface area contributed by atoms with Gasteiger partial charge in [-0.1, -0.05) is 24.3 Å². The van der Waals surface area contributed by atoms with E-state index in [0.717, 1.165) is 17.7 Å². The lowest BCUT2D eigenvalue weighted by atomic mass is 10.0. The first-order chi connectivity index (χ1) is 7.78. The summed E-state index contributed by atoms with van der Waals surface area (Å²) in [5.41, 5.74) is 3.45. The molecule has 2 rings (SSSR count). The van der Waals surface area contributed by atoms with Crippen LogP contribution in [0, 0.1) is 5.82 Å². The van der Waals surface area contributed by atoms with Gasteiger partial charge in [0.25, 0.3) is 0 Å². The molecule has 0 spiro atoms. The molecule has 0 atom stereocenters. The van der Waals surface area contributed by atoms with Gasteiger partial charge in [-0.2, -0.15) is 0 Å². The fourth-order valence-electron chi connectivity index (χ4n) is 1.63. The van der Waals surface area contributed by atoms with Crippen molar-refractivity contribution in [3.05, 3.63) is 65.5 Å². The lowest BCUT2D eigenvalue weighted by Crippen LogP contribution is -1.91. The summed E-state index contributed by atoms with van der Waals surface area (Å²) in [7, 11) is 1.90. The molecular formula is C14H14FN. The average molecular weight is 215 g/mol. The Kier molecular flexibility index (Phi) is 3.20. The highest BCUT2D eigenvalue weighted by Gasteiger charge is 1.97. The van der Waals surface area contributed by atoms with Crippen molar-refractivity contribution < 1.29 is 4.39 Å². The number of nitrogens with one attached hydrogen (secondary N) is 1. The molecule has 16 heavy (non-hydrogen) atoms. The van der Waals surface area contributed by atoms with E-state index in [2.05, 4.69) is 17.4 Å². The van der Waals surface area contributed by atoms with Crippen LogP contribution in [0.15, 0.2) is 48.5 Å². The topological polar surface area (TPSA) is 12.0 Å². The van der Waals surface area contributed by atoms with Crippen LogP contribution in [0.1, 0.15) is 11.1 Å². The van der Waals surface area contributed by atoms with E-state index in [1.54, 1.807) is 0 Å². The van der Waals surface area contributed by atoms with E-state index in [4.69, 9.17) is 0 Å². The minimum Gasteiger partial charge on any atom is -0.388 e. The van der Waals surface area contributed by atoms with E-state index >= 15 is 0 Å². The summed E-state index contributed by atoms with van der Waals surface area (Å²) >= 11 is 0. The third-order valence-electron chi connectivity index (χ3n) is 2.56. The van der Waals surface area contributed by atoms with E-state index in [1.165, 1.54) is 17.7 Å². The van der Waals surface area contributed by atoms with Crippen LogP contribution in [-0.2, 0) is 6.42 Å². The molecule has 0 aliphatic rings. The van der Waals surface area contributed by atoms with Crippen LogP contribution < -0.4 is 5.32 Å². The van der Waals surface area contributed by atoms with Gasteiger partial charge in [-0.25, -0.2) is 4.39 Å². The van der Waals surface area contributed by atoms with Crippen LogP contribution in [-0.4, -0.2) is 7.05 Å². The van der Waals surface area contributed by atoms with Crippen molar-refractivity contribution in [3.8, 4) is 0 Å². The number of halogens is 1. The Morgan fingerprint density at radius 3 is 1.88 bits per heavy atom. The Morgan fingerprint density at radius 2 is 1.38 bits per heavy atom. The highest BCUT2D eigenvalue weighted by molar-refractivity contribution is 5.44. The summed E-state index contributed by atoms with van der Waals surface area (Å²) < 4.78 is 12.7. The van der Waals surface area contributed by atoms with Crippen LogP contribution in [0.2, 0.25) is 0 Å². The predicted octanol–water partition coefficient (Wildman–Crippen LogP) is 3.46. The lowest BCUT2D eigenvalue weighted by Gasteiger charge is -2.04. The minimum atomic E-state index is -0.186. The van der Waals surface area contributed by atoms with E-state index in [1.807, 2.05) is 31.3 Å². The van der Waals surface area contributed by atoms with E-state index < -0.39 is 0 Å². The normalized spacial score (nSPS) is 10.1. The molecule has 0 amide bonds. The maximum Gasteiger partial charge on any atom is 0.123 e. The third kappa shape index (κ3) is 2.60. The van der Waals surface area contributed by atoms with E-state index in [9.17, 15) is 4.39 Å². The summed E-state index contributed by atoms with van der Waals surface area (Å²) in [6.07, 6.45) is 0.838. The number of benzene rings is 2. The molecule has 1 nitrogen and oxygen atoms in total. The summed E-state index contributed by atoms with van der Waals surface area (Å²) in [6, 6.07) is 14.9. The summed E-state index contributed by atoms with van der Waals surface area (Å²) in [5, 5.41) is 3.08. The van der Waals surface area contributed by atoms with Crippen molar-refractivity contribution >= 4 is 5.69 Å². The zero-order valence-corrected chi connectivity index (χ0v) is 9.20. The molecule has 0 aliphatic carbocycles. The Hall–Kier alpha value is -1.83.